The molecule has 19 heavy (non-hydrogen) atoms. The Morgan fingerprint density at radius 2 is 1.95 bits per heavy atom. The molecule has 2 atom stereocenters. The van der Waals surface area contributed by atoms with Crippen LogP contribution in [-0.2, 0) is 4.79 Å². The van der Waals surface area contributed by atoms with Crippen LogP contribution in [0.1, 0.15) is 40.5 Å². The van der Waals surface area contributed by atoms with Gasteiger partial charge in [0.1, 0.15) is 0 Å². The molecule has 0 aliphatic carbocycles. The van der Waals surface area contributed by atoms with Gasteiger partial charge in [-0.15, -0.1) is 0 Å². The molecule has 0 heterocycles. The molecular weight excluding hydrogens is 264 g/mol. The van der Waals surface area contributed by atoms with E-state index in [2.05, 4.69) is 12.2 Å². The third-order valence-corrected chi connectivity index (χ3v) is 3.81. The molecule has 5 nitrogen and oxygen atoms in total. The van der Waals surface area contributed by atoms with Crippen molar-refractivity contribution >= 4 is 23.8 Å². The van der Waals surface area contributed by atoms with Crippen molar-refractivity contribution < 1.29 is 14.7 Å². The van der Waals surface area contributed by atoms with Crippen molar-refractivity contribution in [3.8, 4) is 0 Å². The Bertz CT molecular complexity index is 287. The van der Waals surface area contributed by atoms with Crippen LogP contribution in [0.25, 0.3) is 0 Å². The summed E-state index contributed by atoms with van der Waals surface area (Å²) >= 11 is 1.85. The molecule has 112 valence electrons. The van der Waals surface area contributed by atoms with Gasteiger partial charge in [-0.1, -0.05) is 6.92 Å². The van der Waals surface area contributed by atoms with Crippen molar-refractivity contribution in [2.45, 2.75) is 52.6 Å². The smallest absolute Gasteiger partial charge is 0.317 e. The van der Waals surface area contributed by atoms with Crippen LogP contribution in [0.2, 0.25) is 0 Å². The maximum Gasteiger partial charge on any atom is 0.317 e. The van der Waals surface area contributed by atoms with Crippen molar-refractivity contribution in [1.29, 1.82) is 0 Å². The summed E-state index contributed by atoms with van der Waals surface area (Å²) in [6, 6.07) is -0.359. The van der Waals surface area contributed by atoms with Crippen LogP contribution in [0, 0.1) is 0 Å². The van der Waals surface area contributed by atoms with E-state index in [1.807, 2.05) is 25.6 Å². The molecule has 2 unspecified atom stereocenters. The van der Waals surface area contributed by atoms with Gasteiger partial charge in [-0.2, -0.15) is 11.8 Å². The first-order valence-corrected chi connectivity index (χ1v) is 7.94. The van der Waals surface area contributed by atoms with E-state index < -0.39 is 5.97 Å². The topological polar surface area (TPSA) is 69.6 Å². The fraction of sp³-hybridized carbons (Fsp3) is 0.846. The minimum absolute atomic E-state index is 0.0265. The molecule has 6 heteroatoms. The SMILES string of the molecule is CCSCCC(C)NC(=O)N(CC)C(C)CC(=O)O. The maximum absolute atomic E-state index is 12.1. The Kier molecular flexibility index (Phi) is 9.47. The number of nitrogens with one attached hydrogen (secondary N) is 1. The summed E-state index contributed by atoms with van der Waals surface area (Å²) in [5.74, 6) is 1.22. The van der Waals surface area contributed by atoms with E-state index in [0.29, 0.717) is 6.54 Å². The number of hydrogen-bond acceptors (Lipinski definition) is 3. The zero-order valence-electron chi connectivity index (χ0n) is 12.3. The van der Waals surface area contributed by atoms with Crippen LogP contribution in [-0.4, -0.2) is 52.1 Å². The Hall–Kier alpha value is -0.910. The average Bonchev–Trinajstić information content (AvgIpc) is 2.28. The highest BCUT2D eigenvalue weighted by Crippen LogP contribution is 2.07. The molecule has 0 bridgehead atoms. The van der Waals surface area contributed by atoms with Gasteiger partial charge in [-0.25, -0.2) is 4.79 Å². The largest absolute Gasteiger partial charge is 0.481 e. The van der Waals surface area contributed by atoms with Crippen LogP contribution >= 0.6 is 11.8 Å². The summed E-state index contributed by atoms with van der Waals surface area (Å²) in [7, 11) is 0. The number of nitrogens with zero attached hydrogens (tertiary/aromatic N) is 1. The molecule has 0 saturated carbocycles. The Balaban J connectivity index is 4.23. The third kappa shape index (κ3) is 7.97. The van der Waals surface area contributed by atoms with Gasteiger partial charge in [0.15, 0.2) is 0 Å². The summed E-state index contributed by atoms with van der Waals surface area (Å²) in [4.78, 5) is 24.3. The molecular formula is C13H26N2O3S. The predicted octanol–water partition coefficient (Wildman–Crippen LogP) is 2.41. The van der Waals surface area contributed by atoms with Crippen LogP contribution in [0.4, 0.5) is 4.79 Å². The lowest BCUT2D eigenvalue weighted by Gasteiger charge is -2.28. The van der Waals surface area contributed by atoms with Gasteiger partial charge in [0.25, 0.3) is 0 Å². The van der Waals surface area contributed by atoms with Crippen molar-refractivity contribution in [1.82, 2.24) is 10.2 Å². The summed E-state index contributed by atoms with van der Waals surface area (Å²) in [5.41, 5.74) is 0. The minimum atomic E-state index is -0.883. The average molecular weight is 290 g/mol. The zero-order valence-corrected chi connectivity index (χ0v) is 13.1. The second-order valence-corrected chi connectivity index (χ2v) is 5.96. The second kappa shape index (κ2) is 9.95. The molecule has 0 spiro atoms. The number of thioether (sulfide) groups is 1. The first-order chi connectivity index (χ1) is 8.92. The lowest BCUT2D eigenvalue weighted by Crippen LogP contribution is -2.48. The standard InChI is InChI=1S/C13H26N2O3S/c1-5-15(11(4)9-12(16)17)13(18)14-10(3)7-8-19-6-2/h10-11H,5-9H2,1-4H3,(H,14,18)(H,16,17). The molecule has 0 aromatic carbocycles. The van der Waals surface area contributed by atoms with E-state index in [1.54, 1.807) is 11.8 Å². The molecule has 0 saturated heterocycles. The van der Waals surface area contributed by atoms with E-state index in [9.17, 15) is 9.59 Å². The lowest BCUT2D eigenvalue weighted by molar-refractivity contribution is -0.138. The Labute approximate surface area is 120 Å². The van der Waals surface area contributed by atoms with Crippen LogP contribution < -0.4 is 5.32 Å². The predicted molar refractivity (Wildman–Crippen MR) is 79.7 cm³/mol. The first-order valence-electron chi connectivity index (χ1n) is 6.78. The molecule has 0 aromatic heterocycles. The minimum Gasteiger partial charge on any atom is -0.481 e. The van der Waals surface area contributed by atoms with Gasteiger partial charge >= 0.3 is 12.0 Å². The maximum atomic E-state index is 12.1. The van der Waals surface area contributed by atoms with E-state index in [1.165, 1.54) is 0 Å². The van der Waals surface area contributed by atoms with Crippen LogP contribution in [0.5, 0.6) is 0 Å². The number of carbonyl (C=O) groups is 2. The summed E-state index contributed by atoms with van der Waals surface area (Å²) in [6.07, 6.45) is 0.899. The number of carbonyl (C=O) groups excluding carboxylic acids is 1. The van der Waals surface area contributed by atoms with Crippen molar-refractivity contribution in [2.24, 2.45) is 0 Å². The van der Waals surface area contributed by atoms with Crippen molar-refractivity contribution in [2.75, 3.05) is 18.1 Å². The summed E-state index contributed by atoms with van der Waals surface area (Å²) in [6.45, 7) is 8.21. The van der Waals surface area contributed by atoms with Gasteiger partial charge < -0.3 is 15.3 Å². The number of carboxylic acids is 1. The quantitative estimate of drug-likeness (QED) is 0.640. The van der Waals surface area contributed by atoms with E-state index in [4.69, 9.17) is 5.11 Å². The van der Waals surface area contributed by atoms with Crippen LogP contribution in [0.15, 0.2) is 0 Å². The molecule has 2 amide bonds. The fourth-order valence-electron chi connectivity index (χ4n) is 1.79. The summed E-state index contributed by atoms with van der Waals surface area (Å²) in [5, 5.41) is 11.7. The summed E-state index contributed by atoms with van der Waals surface area (Å²) < 4.78 is 0. The number of carboxylic acid groups (broad SMARTS) is 1. The highest BCUT2D eigenvalue weighted by molar-refractivity contribution is 7.99. The zero-order chi connectivity index (χ0) is 14.8. The molecule has 0 fully saturated rings. The molecule has 0 rings (SSSR count). The Morgan fingerprint density at radius 1 is 1.32 bits per heavy atom. The van der Waals surface area contributed by atoms with Gasteiger partial charge in [-0.05, 0) is 38.7 Å². The number of hydrogen-bond donors (Lipinski definition) is 2. The molecule has 0 aliphatic heterocycles. The van der Waals surface area contributed by atoms with Gasteiger partial charge in [0, 0.05) is 18.6 Å². The van der Waals surface area contributed by atoms with Gasteiger partial charge in [0.2, 0.25) is 0 Å². The first kappa shape index (κ1) is 18.1. The molecule has 0 aromatic rings. The fourth-order valence-corrected chi connectivity index (χ4v) is 2.60. The molecule has 0 aliphatic rings. The van der Waals surface area contributed by atoms with E-state index in [0.717, 1.165) is 17.9 Å². The monoisotopic (exact) mass is 290 g/mol. The van der Waals surface area contributed by atoms with Crippen molar-refractivity contribution in [3.05, 3.63) is 0 Å². The van der Waals surface area contributed by atoms with Gasteiger partial charge in [-0.3, -0.25) is 4.79 Å². The molecule has 2 N–H and O–H groups in total. The van der Waals surface area contributed by atoms with E-state index >= 15 is 0 Å². The van der Waals surface area contributed by atoms with Crippen molar-refractivity contribution in [3.63, 3.8) is 0 Å². The number of rotatable bonds is 9. The Morgan fingerprint density at radius 3 is 2.42 bits per heavy atom. The highest BCUT2D eigenvalue weighted by Gasteiger charge is 2.21. The van der Waals surface area contributed by atoms with E-state index in [-0.39, 0.29) is 24.5 Å². The van der Waals surface area contributed by atoms with Crippen LogP contribution in [0.3, 0.4) is 0 Å². The van der Waals surface area contributed by atoms with Gasteiger partial charge in [0.05, 0.1) is 6.42 Å². The third-order valence-electron chi connectivity index (χ3n) is 2.87. The normalized spacial score (nSPS) is 13.7. The molecule has 0 radical (unpaired) electrons. The number of urea groups is 1. The highest BCUT2D eigenvalue weighted by atomic mass is 32.2. The number of aliphatic carboxylic acids is 1. The second-order valence-electron chi connectivity index (χ2n) is 4.57. The lowest BCUT2D eigenvalue weighted by atomic mass is 10.2. The number of amides is 2.